The molecule has 0 aliphatic rings. The molecule has 2 heterocycles. The molecule has 0 fully saturated rings. The molecule has 5 nitrogen and oxygen atoms in total. The third-order valence-electron chi connectivity index (χ3n) is 5.56. The number of hydrogen-bond donors (Lipinski definition) is 0. The second-order valence-corrected chi connectivity index (χ2v) is 8.28. The number of para-hydroxylation sites is 1. The number of aromatic nitrogens is 4. The largest absolute Gasteiger partial charge is 2.00 e. The summed E-state index contributed by atoms with van der Waals surface area (Å²) in [6, 6.07) is 33.1. The van der Waals surface area contributed by atoms with E-state index in [2.05, 4.69) is 81.1 Å². The van der Waals surface area contributed by atoms with E-state index in [4.69, 9.17) is 10.2 Å². The second kappa shape index (κ2) is 9.82. The van der Waals surface area contributed by atoms with Gasteiger partial charge in [-0.2, -0.15) is 57.7 Å². The van der Waals surface area contributed by atoms with Crippen molar-refractivity contribution < 1.29 is 21.1 Å². The Kier molecular flexibility index (Phi) is 6.85. The van der Waals surface area contributed by atoms with E-state index in [1.807, 2.05) is 51.8 Å². The summed E-state index contributed by atoms with van der Waals surface area (Å²) in [6.07, 6.45) is 0. The van der Waals surface area contributed by atoms with Gasteiger partial charge in [-0.05, 0) is 37.4 Å². The fourth-order valence-electron chi connectivity index (χ4n) is 3.95. The minimum absolute atomic E-state index is 0. The molecule has 0 N–H and O–H groups in total. The van der Waals surface area contributed by atoms with E-state index in [9.17, 15) is 0 Å². The average molecular weight is 627 g/mol. The Morgan fingerprint density at radius 1 is 0.647 bits per heavy atom. The van der Waals surface area contributed by atoms with E-state index >= 15 is 0 Å². The van der Waals surface area contributed by atoms with Gasteiger partial charge in [-0.3, -0.25) is 14.3 Å². The SMILES string of the molecule is Cc1cc[c-]c(-n2nc(N(c3ccccc3)c3cc(C)n(-c4[c-]ccc(C)c4)n3)cc2C)c1.[Pt+2]. The van der Waals surface area contributed by atoms with Gasteiger partial charge >= 0.3 is 21.1 Å². The molecule has 34 heavy (non-hydrogen) atoms. The van der Waals surface area contributed by atoms with Gasteiger partial charge in [0.1, 0.15) is 0 Å². The molecule has 0 spiro atoms. The zero-order valence-corrected chi connectivity index (χ0v) is 21.8. The minimum Gasteiger partial charge on any atom is -0.276 e. The fourth-order valence-corrected chi connectivity index (χ4v) is 3.95. The summed E-state index contributed by atoms with van der Waals surface area (Å²) >= 11 is 0. The normalized spacial score (nSPS) is 10.7. The summed E-state index contributed by atoms with van der Waals surface area (Å²) in [5.41, 5.74) is 7.22. The van der Waals surface area contributed by atoms with Gasteiger partial charge in [0.05, 0.1) is 0 Å². The molecule has 6 heteroatoms. The van der Waals surface area contributed by atoms with E-state index in [1.54, 1.807) is 0 Å². The van der Waals surface area contributed by atoms with Crippen LogP contribution >= 0.6 is 0 Å². The quantitative estimate of drug-likeness (QED) is 0.213. The van der Waals surface area contributed by atoms with Crippen LogP contribution in [0, 0.1) is 39.8 Å². The van der Waals surface area contributed by atoms with Crippen LogP contribution in [0.15, 0.2) is 78.9 Å². The van der Waals surface area contributed by atoms with Crippen LogP contribution in [-0.4, -0.2) is 19.6 Å². The monoisotopic (exact) mass is 626 g/mol. The van der Waals surface area contributed by atoms with Crippen molar-refractivity contribution in [1.82, 2.24) is 19.6 Å². The maximum absolute atomic E-state index is 4.95. The van der Waals surface area contributed by atoms with Crippen LogP contribution in [0.1, 0.15) is 22.5 Å². The van der Waals surface area contributed by atoms with Crippen LogP contribution in [0.2, 0.25) is 0 Å². The molecule has 0 amide bonds. The number of anilines is 3. The van der Waals surface area contributed by atoms with Crippen LogP contribution in [0.5, 0.6) is 0 Å². The summed E-state index contributed by atoms with van der Waals surface area (Å²) in [5.74, 6) is 1.60. The summed E-state index contributed by atoms with van der Waals surface area (Å²) in [6.45, 7) is 8.26. The third kappa shape index (κ3) is 4.62. The van der Waals surface area contributed by atoms with Crippen molar-refractivity contribution in [2.45, 2.75) is 27.7 Å². The van der Waals surface area contributed by atoms with Crippen molar-refractivity contribution in [3.63, 3.8) is 0 Å². The van der Waals surface area contributed by atoms with Gasteiger partial charge in [-0.15, -0.1) is 12.1 Å². The van der Waals surface area contributed by atoms with Crippen molar-refractivity contribution in [3.05, 3.63) is 114 Å². The molecule has 0 saturated carbocycles. The second-order valence-electron chi connectivity index (χ2n) is 8.28. The topological polar surface area (TPSA) is 38.9 Å². The Labute approximate surface area is 214 Å². The first-order valence-corrected chi connectivity index (χ1v) is 11.0. The molecular formula is C28H25N5Pt. The number of aryl methyl sites for hydroxylation is 4. The maximum Gasteiger partial charge on any atom is 2.00 e. The molecule has 0 unspecified atom stereocenters. The molecule has 172 valence electrons. The van der Waals surface area contributed by atoms with Crippen LogP contribution < -0.4 is 4.90 Å². The molecule has 0 aliphatic heterocycles. The Bertz CT molecular complexity index is 1330. The van der Waals surface area contributed by atoms with Crippen LogP contribution in [-0.2, 0) is 21.1 Å². The van der Waals surface area contributed by atoms with Gasteiger partial charge in [0.2, 0.25) is 0 Å². The van der Waals surface area contributed by atoms with Gasteiger partial charge in [0.15, 0.2) is 11.6 Å². The summed E-state index contributed by atoms with van der Waals surface area (Å²) in [4.78, 5) is 2.08. The number of hydrogen-bond acceptors (Lipinski definition) is 3. The van der Waals surface area contributed by atoms with E-state index in [0.29, 0.717) is 0 Å². The third-order valence-corrected chi connectivity index (χ3v) is 5.56. The Hall–Kier alpha value is -3.43. The van der Waals surface area contributed by atoms with Gasteiger partial charge in [-0.25, -0.2) is 0 Å². The Morgan fingerprint density at radius 2 is 1.12 bits per heavy atom. The first-order valence-electron chi connectivity index (χ1n) is 11.0. The smallest absolute Gasteiger partial charge is 0.276 e. The molecule has 2 aromatic heterocycles. The number of nitrogens with zero attached hydrogens (tertiary/aromatic N) is 5. The summed E-state index contributed by atoms with van der Waals surface area (Å²) < 4.78 is 3.85. The van der Waals surface area contributed by atoms with E-state index in [0.717, 1.165) is 40.1 Å². The first kappa shape index (κ1) is 23.7. The Morgan fingerprint density at radius 3 is 1.56 bits per heavy atom. The van der Waals surface area contributed by atoms with Crippen molar-refractivity contribution >= 4 is 17.3 Å². The molecule has 0 bridgehead atoms. The molecule has 0 atom stereocenters. The van der Waals surface area contributed by atoms with Crippen LogP contribution in [0.25, 0.3) is 11.4 Å². The predicted octanol–water partition coefficient (Wildman–Crippen LogP) is 6.36. The van der Waals surface area contributed by atoms with E-state index in [1.165, 1.54) is 11.1 Å². The molecule has 5 aromatic rings. The molecule has 0 radical (unpaired) electrons. The average Bonchev–Trinajstić information content (AvgIpc) is 3.37. The van der Waals surface area contributed by atoms with Gasteiger partial charge in [-0.1, -0.05) is 32.0 Å². The van der Waals surface area contributed by atoms with Crippen molar-refractivity contribution in [2.24, 2.45) is 0 Å². The number of rotatable bonds is 5. The van der Waals surface area contributed by atoms with Gasteiger partial charge < -0.3 is 0 Å². The van der Waals surface area contributed by atoms with Crippen LogP contribution in [0.3, 0.4) is 0 Å². The van der Waals surface area contributed by atoms with E-state index in [-0.39, 0.29) is 21.1 Å². The van der Waals surface area contributed by atoms with E-state index < -0.39 is 0 Å². The molecule has 0 aliphatic carbocycles. The zero-order valence-electron chi connectivity index (χ0n) is 19.6. The fraction of sp³-hybridized carbons (Fsp3) is 0.143. The molecule has 3 aromatic carbocycles. The minimum atomic E-state index is 0. The summed E-state index contributed by atoms with van der Waals surface area (Å²) in [5, 5.41) is 9.91. The van der Waals surface area contributed by atoms with Crippen molar-refractivity contribution in [1.29, 1.82) is 0 Å². The standard InChI is InChI=1S/C28H25N5.Pt/c1-20-10-8-14-25(16-20)32-22(3)18-27(29-32)31(24-12-6-5-7-13-24)28-19-23(4)33(30-28)26-15-9-11-21(2)17-26;/h5-13,16-19H,1-4H3;/q-2;+2. The Balaban J connectivity index is 0.00000274. The van der Waals surface area contributed by atoms with Crippen molar-refractivity contribution in [3.8, 4) is 11.4 Å². The van der Waals surface area contributed by atoms with Crippen molar-refractivity contribution in [2.75, 3.05) is 4.90 Å². The first-order chi connectivity index (χ1) is 16.0. The molecule has 5 rings (SSSR count). The predicted molar refractivity (Wildman–Crippen MR) is 132 cm³/mol. The molecule has 0 saturated heterocycles. The summed E-state index contributed by atoms with van der Waals surface area (Å²) in [7, 11) is 0. The van der Waals surface area contributed by atoms with Crippen LogP contribution in [0.4, 0.5) is 17.3 Å². The zero-order chi connectivity index (χ0) is 22.9. The maximum atomic E-state index is 4.95. The number of benzene rings is 3. The van der Waals surface area contributed by atoms with Gasteiger partial charge in [0, 0.05) is 29.2 Å². The molecular weight excluding hydrogens is 601 g/mol. The van der Waals surface area contributed by atoms with Gasteiger partial charge in [0.25, 0.3) is 0 Å².